The fourth-order valence-corrected chi connectivity index (χ4v) is 3.88. The zero-order valence-electron chi connectivity index (χ0n) is 16.2. The third-order valence-corrected chi connectivity index (χ3v) is 5.24. The highest BCUT2D eigenvalue weighted by Gasteiger charge is 2.21. The fraction of sp³-hybridized carbons (Fsp3) is 0.0714. The van der Waals surface area contributed by atoms with Gasteiger partial charge in [-0.15, -0.1) is 13.2 Å². The summed E-state index contributed by atoms with van der Waals surface area (Å²) in [6, 6.07) is 25.3. The highest BCUT2D eigenvalue weighted by molar-refractivity contribution is 5.60. The van der Waals surface area contributed by atoms with Gasteiger partial charge in [0.2, 0.25) is 0 Å². The molecule has 0 radical (unpaired) electrons. The van der Waals surface area contributed by atoms with Crippen LogP contribution in [0.4, 0.5) is 0 Å². The Labute approximate surface area is 168 Å². The zero-order chi connectivity index (χ0) is 19.9. The monoisotopic (exact) mass is 362 g/mol. The van der Waals surface area contributed by atoms with Crippen molar-refractivity contribution < 1.29 is 0 Å². The van der Waals surface area contributed by atoms with Crippen molar-refractivity contribution in [3.63, 3.8) is 0 Å². The standard InChI is InChI=1S/C28H26/c1-5-21-15-9-11-17-25(21)23(7-3)27-19-13-14-20-28(27)24(8-4)26-18-12-10-16-22(26)6-2/h5-20,23-24H,1-4H2. The molecule has 2 unspecified atom stereocenters. The summed E-state index contributed by atoms with van der Waals surface area (Å²) < 4.78 is 0. The molecule has 0 heterocycles. The van der Waals surface area contributed by atoms with E-state index < -0.39 is 0 Å². The first-order valence-corrected chi connectivity index (χ1v) is 9.51. The van der Waals surface area contributed by atoms with Gasteiger partial charge in [-0.25, -0.2) is 0 Å². The third-order valence-electron chi connectivity index (χ3n) is 5.24. The SMILES string of the molecule is C=Cc1ccccc1C(C=C)c1ccccc1C(C=C)c1ccccc1C=C. The smallest absolute Gasteiger partial charge is 0.0275 e. The molecule has 2 atom stereocenters. The summed E-state index contributed by atoms with van der Waals surface area (Å²) in [5.74, 6) is 0.146. The van der Waals surface area contributed by atoms with Crippen LogP contribution in [-0.4, -0.2) is 0 Å². The second-order valence-corrected chi connectivity index (χ2v) is 6.72. The summed E-state index contributed by atoms with van der Waals surface area (Å²) >= 11 is 0. The molecule has 3 rings (SSSR count). The van der Waals surface area contributed by atoms with E-state index in [1.165, 1.54) is 22.3 Å². The van der Waals surface area contributed by atoms with Crippen molar-refractivity contribution in [3.05, 3.63) is 145 Å². The molecule has 0 aliphatic carbocycles. The van der Waals surface area contributed by atoms with Crippen molar-refractivity contribution in [1.82, 2.24) is 0 Å². The van der Waals surface area contributed by atoms with E-state index in [9.17, 15) is 0 Å². The van der Waals surface area contributed by atoms with E-state index in [4.69, 9.17) is 0 Å². The van der Waals surface area contributed by atoms with E-state index in [-0.39, 0.29) is 11.8 Å². The molecular weight excluding hydrogens is 336 g/mol. The Morgan fingerprint density at radius 2 is 0.786 bits per heavy atom. The van der Waals surface area contributed by atoms with Gasteiger partial charge in [-0.3, -0.25) is 0 Å². The van der Waals surface area contributed by atoms with Crippen LogP contribution < -0.4 is 0 Å². The molecule has 28 heavy (non-hydrogen) atoms. The lowest BCUT2D eigenvalue weighted by atomic mass is 9.79. The molecule has 3 aromatic carbocycles. The van der Waals surface area contributed by atoms with Gasteiger partial charge in [0.05, 0.1) is 0 Å². The van der Waals surface area contributed by atoms with Crippen molar-refractivity contribution in [2.75, 3.05) is 0 Å². The van der Waals surface area contributed by atoms with Crippen LogP contribution in [0.2, 0.25) is 0 Å². The largest absolute Gasteiger partial charge is 0.102 e. The Bertz CT molecular complexity index is 923. The predicted molar refractivity (Wildman–Crippen MR) is 124 cm³/mol. The van der Waals surface area contributed by atoms with Crippen LogP contribution in [0.1, 0.15) is 45.2 Å². The minimum absolute atomic E-state index is 0.0729. The molecule has 0 heteroatoms. The maximum Gasteiger partial charge on any atom is 0.0275 e. The lowest BCUT2D eigenvalue weighted by molar-refractivity contribution is 0.936. The highest BCUT2D eigenvalue weighted by atomic mass is 14.2. The van der Waals surface area contributed by atoms with Crippen molar-refractivity contribution in [1.29, 1.82) is 0 Å². The molecule has 0 bridgehead atoms. The van der Waals surface area contributed by atoms with Crippen LogP contribution in [0, 0.1) is 0 Å². The van der Waals surface area contributed by atoms with Crippen LogP contribution >= 0.6 is 0 Å². The van der Waals surface area contributed by atoms with Gasteiger partial charge in [0, 0.05) is 11.8 Å². The lowest BCUT2D eigenvalue weighted by Gasteiger charge is -2.24. The molecular formula is C28H26. The first-order chi connectivity index (χ1) is 13.7. The van der Waals surface area contributed by atoms with Crippen LogP contribution in [0.25, 0.3) is 12.2 Å². The predicted octanol–water partition coefficient (Wildman–Crippen LogP) is 7.61. The molecule has 0 aliphatic rings. The summed E-state index contributed by atoms with van der Waals surface area (Å²) in [5, 5.41) is 0. The Morgan fingerprint density at radius 1 is 0.464 bits per heavy atom. The molecule has 0 aromatic heterocycles. The van der Waals surface area contributed by atoms with Crippen molar-refractivity contribution in [2.24, 2.45) is 0 Å². The Morgan fingerprint density at radius 3 is 1.11 bits per heavy atom. The number of benzene rings is 3. The normalized spacial score (nSPS) is 12.6. The third kappa shape index (κ3) is 3.68. The number of allylic oxidation sites excluding steroid dienone is 2. The summed E-state index contributed by atoms with van der Waals surface area (Å²) in [6.45, 7) is 16.3. The maximum absolute atomic E-state index is 4.15. The minimum atomic E-state index is 0.0729. The topological polar surface area (TPSA) is 0 Å². The van der Waals surface area contributed by atoms with Crippen LogP contribution in [0.15, 0.2) is 111 Å². The Balaban J connectivity index is 2.19. The quantitative estimate of drug-likeness (QED) is 0.362. The molecule has 0 saturated heterocycles. The van der Waals surface area contributed by atoms with Crippen LogP contribution in [0.5, 0.6) is 0 Å². The van der Waals surface area contributed by atoms with E-state index in [1.54, 1.807) is 0 Å². The Kier molecular flexibility index (Phi) is 6.24. The fourth-order valence-electron chi connectivity index (χ4n) is 3.88. The van der Waals surface area contributed by atoms with Crippen LogP contribution in [0.3, 0.4) is 0 Å². The van der Waals surface area contributed by atoms with E-state index >= 15 is 0 Å². The van der Waals surface area contributed by atoms with Crippen molar-refractivity contribution in [2.45, 2.75) is 11.8 Å². The van der Waals surface area contributed by atoms with Gasteiger partial charge < -0.3 is 0 Å². The summed E-state index contributed by atoms with van der Waals surface area (Å²) in [4.78, 5) is 0. The van der Waals surface area contributed by atoms with Gasteiger partial charge in [-0.1, -0.05) is 110 Å². The molecule has 0 spiro atoms. The van der Waals surface area contributed by atoms with Gasteiger partial charge in [-0.05, 0) is 33.4 Å². The average Bonchev–Trinajstić information content (AvgIpc) is 2.76. The van der Waals surface area contributed by atoms with Gasteiger partial charge >= 0.3 is 0 Å². The van der Waals surface area contributed by atoms with E-state index in [2.05, 4.69) is 87.0 Å². The molecule has 138 valence electrons. The number of hydrogen-bond donors (Lipinski definition) is 0. The second kappa shape index (κ2) is 9.01. The van der Waals surface area contributed by atoms with Gasteiger partial charge in [-0.2, -0.15) is 0 Å². The number of hydrogen-bond acceptors (Lipinski definition) is 0. The maximum atomic E-state index is 4.15. The average molecular weight is 363 g/mol. The van der Waals surface area contributed by atoms with E-state index in [0.29, 0.717) is 0 Å². The molecule has 0 nitrogen and oxygen atoms in total. The van der Waals surface area contributed by atoms with Gasteiger partial charge in [0.25, 0.3) is 0 Å². The van der Waals surface area contributed by atoms with Crippen molar-refractivity contribution >= 4 is 12.2 Å². The lowest BCUT2D eigenvalue weighted by Crippen LogP contribution is -2.08. The summed E-state index contributed by atoms with van der Waals surface area (Å²) in [7, 11) is 0. The zero-order valence-corrected chi connectivity index (χ0v) is 16.2. The van der Waals surface area contributed by atoms with E-state index in [1.807, 2.05) is 36.4 Å². The molecule has 0 N–H and O–H groups in total. The summed E-state index contributed by atoms with van der Waals surface area (Å²) in [6.07, 6.45) is 7.85. The Hall–Kier alpha value is -3.38. The van der Waals surface area contributed by atoms with Crippen LogP contribution in [-0.2, 0) is 0 Å². The second-order valence-electron chi connectivity index (χ2n) is 6.72. The van der Waals surface area contributed by atoms with E-state index in [0.717, 1.165) is 11.1 Å². The van der Waals surface area contributed by atoms with Gasteiger partial charge in [0.1, 0.15) is 0 Å². The first-order valence-electron chi connectivity index (χ1n) is 9.51. The number of rotatable bonds is 8. The molecule has 0 aliphatic heterocycles. The summed E-state index contributed by atoms with van der Waals surface area (Å²) in [5.41, 5.74) is 7.14. The minimum Gasteiger partial charge on any atom is -0.102 e. The molecule has 3 aromatic rings. The molecule has 0 fully saturated rings. The molecule has 0 saturated carbocycles. The van der Waals surface area contributed by atoms with Gasteiger partial charge in [0.15, 0.2) is 0 Å². The van der Waals surface area contributed by atoms with Crippen molar-refractivity contribution in [3.8, 4) is 0 Å². The highest BCUT2D eigenvalue weighted by Crippen LogP contribution is 2.38. The first kappa shape index (κ1) is 19.4. The molecule has 0 amide bonds.